The molecular weight excluding hydrogens is 241 g/mol. The van der Waals surface area contributed by atoms with Crippen molar-refractivity contribution in [1.82, 2.24) is 0 Å². The van der Waals surface area contributed by atoms with E-state index in [9.17, 15) is 14.0 Å². The highest BCUT2D eigenvalue weighted by molar-refractivity contribution is 7.98. The summed E-state index contributed by atoms with van der Waals surface area (Å²) in [5, 5.41) is 0. The fraction of sp³-hybridized carbons (Fsp3) is 0.333. The van der Waals surface area contributed by atoms with Gasteiger partial charge in [0.1, 0.15) is 5.82 Å². The Morgan fingerprint density at radius 1 is 1.35 bits per heavy atom. The summed E-state index contributed by atoms with van der Waals surface area (Å²) >= 11 is 1.60. The van der Waals surface area contributed by atoms with Crippen LogP contribution in [0.15, 0.2) is 12.1 Å². The summed E-state index contributed by atoms with van der Waals surface area (Å²) in [7, 11) is 0. The maximum absolute atomic E-state index is 13.2. The number of benzene rings is 1. The van der Waals surface area contributed by atoms with Gasteiger partial charge in [-0.15, -0.1) is 0 Å². The lowest BCUT2D eigenvalue weighted by molar-refractivity contribution is -0.114. The Balaban J connectivity index is 2.48. The molecule has 1 aliphatic rings. The van der Waals surface area contributed by atoms with Crippen LogP contribution in [0.1, 0.15) is 15.9 Å². The van der Waals surface area contributed by atoms with E-state index in [1.165, 1.54) is 11.0 Å². The van der Waals surface area contributed by atoms with Crippen molar-refractivity contribution in [2.45, 2.75) is 6.92 Å². The fourth-order valence-corrected chi connectivity index (χ4v) is 2.37. The largest absolute Gasteiger partial charge is 0.304 e. The molecule has 1 aromatic carbocycles. The van der Waals surface area contributed by atoms with E-state index in [0.29, 0.717) is 17.8 Å². The van der Waals surface area contributed by atoms with Gasteiger partial charge in [0.05, 0.1) is 11.3 Å². The number of carbonyl (C=O) groups excluding carboxylic acids is 2. The van der Waals surface area contributed by atoms with Crippen molar-refractivity contribution < 1.29 is 14.0 Å². The summed E-state index contributed by atoms with van der Waals surface area (Å²) in [5.41, 5.74) is 1.38. The number of amides is 1. The molecule has 17 heavy (non-hydrogen) atoms. The molecule has 0 saturated carbocycles. The summed E-state index contributed by atoms with van der Waals surface area (Å²) in [5.74, 6) is -0.893. The number of Topliss-reactive ketones (excluding diaryl/α,β-unsaturated/α-hetero) is 1. The van der Waals surface area contributed by atoms with E-state index in [2.05, 4.69) is 0 Å². The van der Waals surface area contributed by atoms with E-state index in [0.717, 1.165) is 11.8 Å². The molecular formula is C12H12FNO2S. The molecule has 0 N–H and O–H groups in total. The van der Waals surface area contributed by atoms with Gasteiger partial charge in [-0.25, -0.2) is 4.39 Å². The molecule has 0 atom stereocenters. The fourth-order valence-electron chi connectivity index (χ4n) is 2.00. The molecule has 0 aliphatic carbocycles. The molecule has 5 heteroatoms. The highest BCUT2D eigenvalue weighted by Gasteiger charge is 2.36. The van der Waals surface area contributed by atoms with Gasteiger partial charge in [-0.3, -0.25) is 9.59 Å². The zero-order valence-corrected chi connectivity index (χ0v) is 10.4. The molecule has 0 bridgehead atoms. The van der Waals surface area contributed by atoms with E-state index in [4.69, 9.17) is 0 Å². The maximum Gasteiger partial charge on any atom is 0.299 e. The van der Waals surface area contributed by atoms with Gasteiger partial charge in [-0.05, 0) is 30.9 Å². The molecule has 1 aromatic rings. The lowest BCUT2D eigenvalue weighted by Crippen LogP contribution is -2.32. The minimum absolute atomic E-state index is 0.189. The predicted octanol–water partition coefficient (Wildman–Crippen LogP) is 2.03. The summed E-state index contributed by atoms with van der Waals surface area (Å²) in [4.78, 5) is 24.9. The number of anilines is 1. The Hall–Kier alpha value is -1.36. The van der Waals surface area contributed by atoms with Gasteiger partial charge in [0.15, 0.2) is 0 Å². The first-order valence-corrected chi connectivity index (χ1v) is 6.61. The van der Waals surface area contributed by atoms with Crippen LogP contribution in [-0.4, -0.2) is 30.2 Å². The molecule has 0 saturated heterocycles. The topological polar surface area (TPSA) is 37.4 Å². The van der Waals surface area contributed by atoms with E-state index < -0.39 is 17.5 Å². The van der Waals surface area contributed by atoms with Crippen molar-refractivity contribution >= 4 is 29.1 Å². The number of aryl methyl sites for hydroxylation is 1. The van der Waals surface area contributed by atoms with Crippen LogP contribution in [0.2, 0.25) is 0 Å². The first-order chi connectivity index (χ1) is 8.06. The van der Waals surface area contributed by atoms with Crippen LogP contribution in [-0.2, 0) is 4.79 Å². The van der Waals surface area contributed by atoms with Crippen LogP contribution < -0.4 is 4.90 Å². The molecule has 0 aromatic heterocycles. The van der Waals surface area contributed by atoms with Crippen LogP contribution in [0.4, 0.5) is 10.1 Å². The zero-order chi connectivity index (χ0) is 12.6. The van der Waals surface area contributed by atoms with Gasteiger partial charge in [0.2, 0.25) is 0 Å². The highest BCUT2D eigenvalue weighted by atomic mass is 32.2. The third kappa shape index (κ3) is 1.95. The van der Waals surface area contributed by atoms with Crippen molar-refractivity contribution in [3.63, 3.8) is 0 Å². The Labute approximate surface area is 103 Å². The third-order valence-corrected chi connectivity index (χ3v) is 3.33. The quantitative estimate of drug-likeness (QED) is 0.773. The van der Waals surface area contributed by atoms with Gasteiger partial charge in [0, 0.05) is 12.3 Å². The Kier molecular flexibility index (Phi) is 3.19. The van der Waals surface area contributed by atoms with Crippen molar-refractivity contribution in [2.75, 3.05) is 23.5 Å². The lowest BCUT2D eigenvalue weighted by atomic mass is 10.1. The minimum atomic E-state index is -0.608. The number of halogens is 1. The Morgan fingerprint density at radius 3 is 2.71 bits per heavy atom. The summed E-state index contributed by atoms with van der Waals surface area (Å²) in [6.45, 7) is 2.19. The summed E-state index contributed by atoms with van der Waals surface area (Å²) < 4.78 is 13.2. The molecule has 0 fully saturated rings. The molecule has 0 radical (unpaired) electrons. The number of fused-ring (bicyclic) bond motifs is 1. The Bertz CT molecular complexity index is 502. The second kappa shape index (κ2) is 4.49. The van der Waals surface area contributed by atoms with Crippen molar-refractivity contribution in [2.24, 2.45) is 0 Å². The first-order valence-electron chi connectivity index (χ1n) is 5.21. The third-order valence-electron chi connectivity index (χ3n) is 2.74. The smallest absolute Gasteiger partial charge is 0.299 e. The zero-order valence-electron chi connectivity index (χ0n) is 9.62. The average molecular weight is 253 g/mol. The number of hydrogen-bond acceptors (Lipinski definition) is 3. The molecule has 3 nitrogen and oxygen atoms in total. The molecule has 0 unspecified atom stereocenters. The van der Waals surface area contributed by atoms with Crippen LogP contribution in [0, 0.1) is 12.7 Å². The van der Waals surface area contributed by atoms with Crippen LogP contribution >= 0.6 is 11.8 Å². The first kappa shape index (κ1) is 12.1. The van der Waals surface area contributed by atoms with Gasteiger partial charge >= 0.3 is 0 Å². The molecule has 2 rings (SSSR count). The molecule has 90 valence electrons. The number of thioether (sulfide) groups is 1. The van der Waals surface area contributed by atoms with Gasteiger partial charge in [-0.2, -0.15) is 11.8 Å². The van der Waals surface area contributed by atoms with Gasteiger partial charge in [-0.1, -0.05) is 0 Å². The second-order valence-corrected chi connectivity index (χ2v) is 4.88. The van der Waals surface area contributed by atoms with Gasteiger partial charge < -0.3 is 4.90 Å². The monoisotopic (exact) mass is 253 g/mol. The van der Waals surface area contributed by atoms with Gasteiger partial charge in [0.25, 0.3) is 11.7 Å². The number of ketones is 1. The van der Waals surface area contributed by atoms with Crippen molar-refractivity contribution in [3.05, 3.63) is 29.1 Å². The van der Waals surface area contributed by atoms with Crippen molar-refractivity contribution in [3.8, 4) is 0 Å². The molecule has 1 aliphatic heterocycles. The summed E-state index contributed by atoms with van der Waals surface area (Å²) in [6.07, 6.45) is 1.93. The number of hydrogen-bond donors (Lipinski definition) is 0. The Morgan fingerprint density at radius 2 is 2.06 bits per heavy atom. The maximum atomic E-state index is 13.2. The SMILES string of the molecule is CSCCN1C(=O)C(=O)c2cc(F)cc(C)c21. The van der Waals surface area contributed by atoms with E-state index in [-0.39, 0.29) is 5.56 Å². The van der Waals surface area contributed by atoms with Crippen molar-refractivity contribution in [1.29, 1.82) is 0 Å². The predicted molar refractivity (Wildman–Crippen MR) is 66.2 cm³/mol. The van der Waals surface area contributed by atoms with E-state index in [1.54, 1.807) is 18.7 Å². The molecule has 0 spiro atoms. The molecule has 1 amide bonds. The van der Waals surface area contributed by atoms with Crippen LogP contribution in [0.5, 0.6) is 0 Å². The molecule has 1 heterocycles. The summed E-state index contributed by atoms with van der Waals surface area (Å²) in [6, 6.07) is 2.48. The second-order valence-electron chi connectivity index (χ2n) is 3.90. The minimum Gasteiger partial charge on any atom is -0.304 e. The standard InChI is InChI=1S/C12H12FNO2S/c1-7-5-8(13)6-9-10(7)14(3-4-17-2)12(16)11(9)15/h5-6H,3-4H2,1-2H3. The average Bonchev–Trinajstić information content (AvgIpc) is 2.51. The van der Waals surface area contributed by atoms with E-state index >= 15 is 0 Å². The highest BCUT2D eigenvalue weighted by Crippen LogP contribution is 2.33. The lowest BCUT2D eigenvalue weighted by Gasteiger charge is -2.17. The van der Waals surface area contributed by atoms with Crippen LogP contribution in [0.3, 0.4) is 0 Å². The van der Waals surface area contributed by atoms with Crippen LogP contribution in [0.25, 0.3) is 0 Å². The number of carbonyl (C=O) groups is 2. The number of rotatable bonds is 3. The van der Waals surface area contributed by atoms with E-state index in [1.807, 2.05) is 6.26 Å². The normalized spacial score (nSPS) is 14.4. The number of nitrogens with zero attached hydrogens (tertiary/aromatic N) is 1.